The normalized spacial score (nSPS) is 7.75. The molecule has 0 aromatic carbocycles. The topological polar surface area (TPSA) is 25.2 Å². The van der Waals surface area contributed by atoms with Crippen LogP contribution in [-0.2, 0) is 0 Å². The molecule has 0 atom stereocenters. The summed E-state index contributed by atoms with van der Waals surface area (Å²) in [5.74, 6) is 2.76. The van der Waals surface area contributed by atoms with E-state index in [0.717, 1.165) is 11.3 Å². The van der Waals surface area contributed by atoms with E-state index >= 15 is 0 Å². The summed E-state index contributed by atoms with van der Waals surface area (Å²) in [7, 11) is 0. The molecule has 1 aromatic heterocycles. The smallest absolute Gasteiger partial charge is 0.0743 e. The van der Waals surface area contributed by atoms with Crippen molar-refractivity contribution < 1.29 is 0 Å². The van der Waals surface area contributed by atoms with Crippen molar-refractivity contribution >= 4 is 17.4 Å². The van der Waals surface area contributed by atoms with Crippen molar-refractivity contribution in [3.05, 3.63) is 29.6 Å². The van der Waals surface area contributed by atoms with Crippen molar-refractivity contribution in [3.8, 4) is 12.0 Å². The Morgan fingerprint density at radius 2 is 2.33 bits per heavy atom. The summed E-state index contributed by atoms with van der Waals surface area (Å²) in [5.41, 5.74) is 1.80. The van der Waals surface area contributed by atoms with Crippen LogP contribution in [-0.4, -0.2) is 10.1 Å². The molecule has 2 nitrogen and oxygen atoms in total. The fourth-order valence-electron chi connectivity index (χ4n) is 0.657. The van der Waals surface area contributed by atoms with Gasteiger partial charge in [-0.1, -0.05) is 0 Å². The van der Waals surface area contributed by atoms with Crippen LogP contribution in [0.15, 0.2) is 23.3 Å². The molecule has 0 radical (unpaired) electrons. The third-order valence-corrected chi connectivity index (χ3v) is 1.30. The Morgan fingerprint density at radius 3 is 2.92 bits per heavy atom. The van der Waals surface area contributed by atoms with E-state index in [1.807, 2.05) is 19.1 Å². The van der Waals surface area contributed by atoms with E-state index in [1.54, 1.807) is 6.20 Å². The first-order chi connectivity index (χ1) is 5.83. The van der Waals surface area contributed by atoms with Crippen molar-refractivity contribution in [3.63, 3.8) is 0 Å². The van der Waals surface area contributed by atoms with E-state index in [-0.39, 0.29) is 0 Å². The highest BCUT2D eigenvalue weighted by Crippen LogP contribution is 1.96. The van der Waals surface area contributed by atoms with Crippen LogP contribution in [0.4, 0.5) is 0 Å². The molecular formula is C9H6N2S. The minimum Gasteiger partial charge on any atom is -0.260 e. The van der Waals surface area contributed by atoms with Gasteiger partial charge >= 0.3 is 0 Å². The predicted octanol–water partition coefficient (Wildman–Crippen LogP) is 1.80. The zero-order valence-electron chi connectivity index (χ0n) is 6.53. The van der Waals surface area contributed by atoms with Crippen LogP contribution in [0.3, 0.4) is 0 Å². The standard InChI is InChI=1S/C9H6N2S/c1-8-2-3-9(6-11-8)4-5-10-7-12/h2-3,6H,1H3. The minimum atomic E-state index is 0.828. The van der Waals surface area contributed by atoms with Gasteiger partial charge in [-0.05, 0) is 37.2 Å². The summed E-state index contributed by atoms with van der Waals surface area (Å²) in [6.07, 6.45) is 1.70. The number of thiocarbonyl (C=S) groups is 1. The van der Waals surface area contributed by atoms with E-state index in [4.69, 9.17) is 0 Å². The van der Waals surface area contributed by atoms with Crippen LogP contribution in [0, 0.1) is 18.9 Å². The van der Waals surface area contributed by atoms with E-state index in [0.29, 0.717) is 0 Å². The maximum Gasteiger partial charge on any atom is 0.0743 e. The van der Waals surface area contributed by atoms with Crippen LogP contribution in [0.1, 0.15) is 11.3 Å². The summed E-state index contributed by atoms with van der Waals surface area (Å²) >= 11 is 4.35. The highest BCUT2D eigenvalue weighted by molar-refractivity contribution is 7.78. The monoisotopic (exact) mass is 174 g/mol. The van der Waals surface area contributed by atoms with Crippen molar-refractivity contribution in [2.45, 2.75) is 6.92 Å². The van der Waals surface area contributed by atoms with E-state index in [9.17, 15) is 0 Å². The van der Waals surface area contributed by atoms with Gasteiger partial charge in [0.05, 0.1) is 11.2 Å². The van der Waals surface area contributed by atoms with Gasteiger partial charge in [0.2, 0.25) is 0 Å². The number of rotatable bonds is 0. The first-order valence-electron chi connectivity index (χ1n) is 3.33. The van der Waals surface area contributed by atoms with E-state index in [1.165, 1.54) is 0 Å². The average Bonchev–Trinajstić information content (AvgIpc) is 2.09. The Labute approximate surface area is 76.4 Å². The van der Waals surface area contributed by atoms with E-state index < -0.39 is 0 Å². The molecule has 0 saturated heterocycles. The van der Waals surface area contributed by atoms with Gasteiger partial charge in [0, 0.05) is 17.5 Å². The van der Waals surface area contributed by atoms with Crippen LogP contribution in [0.5, 0.6) is 0 Å². The first-order valence-corrected chi connectivity index (χ1v) is 3.74. The fourth-order valence-corrected chi connectivity index (χ4v) is 0.703. The third kappa shape index (κ3) is 2.63. The lowest BCUT2D eigenvalue weighted by atomic mass is 10.3. The Kier molecular flexibility index (Phi) is 3.16. The highest BCUT2D eigenvalue weighted by atomic mass is 32.1. The molecule has 0 aliphatic carbocycles. The van der Waals surface area contributed by atoms with Gasteiger partial charge in [0.15, 0.2) is 0 Å². The molecule has 1 rings (SSSR count). The van der Waals surface area contributed by atoms with Crippen LogP contribution < -0.4 is 0 Å². The van der Waals surface area contributed by atoms with Crippen molar-refractivity contribution in [2.75, 3.05) is 0 Å². The molecule has 12 heavy (non-hydrogen) atoms. The molecule has 0 amide bonds. The van der Waals surface area contributed by atoms with Crippen LogP contribution in [0.2, 0.25) is 0 Å². The van der Waals surface area contributed by atoms with Gasteiger partial charge in [0.1, 0.15) is 0 Å². The zero-order valence-corrected chi connectivity index (χ0v) is 7.35. The van der Waals surface area contributed by atoms with Crippen LogP contribution >= 0.6 is 12.2 Å². The molecule has 0 bridgehead atoms. The molecule has 1 aromatic rings. The number of aromatic nitrogens is 1. The number of nitrogens with zero attached hydrogens (tertiary/aromatic N) is 2. The molecule has 0 saturated carbocycles. The lowest BCUT2D eigenvalue weighted by Crippen LogP contribution is -1.80. The Balaban J connectivity index is 2.86. The second-order valence-electron chi connectivity index (χ2n) is 2.13. The second-order valence-corrected chi connectivity index (χ2v) is 2.31. The number of pyridine rings is 1. The predicted molar refractivity (Wildman–Crippen MR) is 50.9 cm³/mol. The molecule has 0 unspecified atom stereocenters. The molecule has 0 spiro atoms. The molecular weight excluding hydrogens is 168 g/mol. The van der Waals surface area contributed by atoms with Gasteiger partial charge in [0.25, 0.3) is 0 Å². The molecule has 0 fully saturated rings. The summed E-state index contributed by atoms with van der Waals surface area (Å²) in [4.78, 5) is 7.53. The van der Waals surface area contributed by atoms with Gasteiger partial charge < -0.3 is 0 Å². The average molecular weight is 174 g/mol. The Hall–Kier alpha value is -1.49. The SMILES string of the molecule is Cc1ccc(C#CN=C=S)cn1. The van der Waals surface area contributed by atoms with Gasteiger partial charge in [-0.3, -0.25) is 4.98 Å². The number of isothiocyanates is 1. The van der Waals surface area contributed by atoms with Crippen LogP contribution in [0.25, 0.3) is 0 Å². The quantitative estimate of drug-likeness (QED) is 0.340. The molecule has 0 aliphatic rings. The maximum atomic E-state index is 4.35. The first kappa shape index (κ1) is 8.61. The summed E-state index contributed by atoms with van der Waals surface area (Å²) in [6, 6.07) is 6.27. The van der Waals surface area contributed by atoms with Gasteiger partial charge in [-0.15, -0.1) is 4.99 Å². The number of aryl methyl sites for hydroxylation is 1. The maximum absolute atomic E-state index is 4.35. The number of aliphatic imine (C=N–C) groups is 1. The molecule has 58 valence electrons. The summed E-state index contributed by atoms with van der Waals surface area (Å²) in [6.45, 7) is 1.92. The summed E-state index contributed by atoms with van der Waals surface area (Å²) in [5, 5.41) is 2.16. The zero-order chi connectivity index (χ0) is 8.81. The fraction of sp³-hybridized carbons (Fsp3) is 0.111. The lowest BCUT2D eigenvalue weighted by molar-refractivity contribution is 1.19. The molecule has 0 aliphatic heterocycles. The molecule has 3 heteroatoms. The van der Waals surface area contributed by atoms with Gasteiger partial charge in [-0.25, -0.2) is 0 Å². The third-order valence-electron chi connectivity index (χ3n) is 1.21. The Morgan fingerprint density at radius 1 is 1.50 bits per heavy atom. The molecule has 0 N–H and O–H groups in total. The number of hydrogen-bond donors (Lipinski definition) is 0. The van der Waals surface area contributed by atoms with E-state index in [2.05, 4.69) is 39.3 Å². The van der Waals surface area contributed by atoms with Crippen molar-refractivity contribution in [1.82, 2.24) is 4.98 Å². The highest BCUT2D eigenvalue weighted by Gasteiger charge is 1.85. The van der Waals surface area contributed by atoms with Crippen molar-refractivity contribution in [1.29, 1.82) is 0 Å². The Bertz CT molecular complexity index is 364. The second kappa shape index (κ2) is 4.40. The van der Waals surface area contributed by atoms with Gasteiger partial charge in [-0.2, -0.15) is 0 Å². The largest absolute Gasteiger partial charge is 0.260 e. The lowest BCUT2D eigenvalue weighted by Gasteiger charge is -1.89. The number of hydrogen-bond acceptors (Lipinski definition) is 3. The van der Waals surface area contributed by atoms with Crippen molar-refractivity contribution in [2.24, 2.45) is 4.99 Å². The minimum absolute atomic E-state index is 0.828. The molecule has 1 heterocycles. The summed E-state index contributed by atoms with van der Waals surface area (Å²) < 4.78 is 0.